The molecule has 3 rings (SSSR count). The number of carboxylic acids is 1. The predicted molar refractivity (Wildman–Crippen MR) is 85.0 cm³/mol. The summed E-state index contributed by atoms with van der Waals surface area (Å²) in [6, 6.07) is 5.17. The quantitative estimate of drug-likeness (QED) is 0.716. The fraction of sp³-hybridized carbons (Fsp3) is 0. The Morgan fingerprint density at radius 2 is 2.18 bits per heavy atom. The molecule has 2 N–H and O–H groups in total. The second-order valence-corrected chi connectivity index (χ2v) is 6.73. The highest BCUT2D eigenvalue weighted by Gasteiger charge is 2.17. The molecular weight excluding hydrogens is 367 g/mol. The SMILES string of the molecule is O=C(O)c1[nH]nnc1Sc1csc(-c2ccc(Cl)cc2Cl)n1. The summed E-state index contributed by atoms with van der Waals surface area (Å²) in [7, 11) is 0. The predicted octanol–water partition coefficient (Wildman–Crippen LogP) is 4.08. The second kappa shape index (κ2) is 6.25. The van der Waals surface area contributed by atoms with E-state index in [1.807, 2.05) is 0 Å². The summed E-state index contributed by atoms with van der Waals surface area (Å²) in [4.78, 5) is 15.4. The van der Waals surface area contributed by atoms with Gasteiger partial charge in [-0.25, -0.2) is 9.78 Å². The minimum atomic E-state index is -1.12. The van der Waals surface area contributed by atoms with Crippen LogP contribution in [0.1, 0.15) is 10.5 Å². The van der Waals surface area contributed by atoms with Crippen molar-refractivity contribution in [2.24, 2.45) is 0 Å². The summed E-state index contributed by atoms with van der Waals surface area (Å²) in [5.41, 5.74) is 0.700. The van der Waals surface area contributed by atoms with Gasteiger partial charge in [0.2, 0.25) is 0 Å². The maximum atomic E-state index is 11.0. The van der Waals surface area contributed by atoms with E-state index in [1.54, 1.807) is 23.6 Å². The molecular formula is C12H6Cl2N4O2S2. The lowest BCUT2D eigenvalue weighted by Gasteiger charge is -2.00. The topological polar surface area (TPSA) is 91.8 Å². The maximum Gasteiger partial charge on any atom is 0.356 e. The Balaban J connectivity index is 1.88. The Labute approximate surface area is 142 Å². The molecule has 112 valence electrons. The van der Waals surface area contributed by atoms with Crippen LogP contribution in [0.2, 0.25) is 10.0 Å². The van der Waals surface area contributed by atoms with Crippen LogP contribution in [0.5, 0.6) is 0 Å². The van der Waals surface area contributed by atoms with Gasteiger partial charge in [0.05, 0.1) is 5.02 Å². The molecule has 0 aliphatic heterocycles. The number of aromatic carboxylic acids is 1. The normalized spacial score (nSPS) is 10.8. The van der Waals surface area contributed by atoms with Crippen LogP contribution in [-0.2, 0) is 0 Å². The molecule has 0 atom stereocenters. The lowest BCUT2D eigenvalue weighted by molar-refractivity contribution is 0.0686. The standard InChI is InChI=1S/C12H6Cl2N4O2S2/c13-5-1-2-6(7(14)3-5)10-15-8(4-21-10)22-11-9(12(19)20)16-18-17-11/h1-4H,(H,19,20)(H,16,17,18). The lowest BCUT2D eigenvalue weighted by Crippen LogP contribution is -1.98. The third-order valence-electron chi connectivity index (χ3n) is 2.58. The summed E-state index contributed by atoms with van der Waals surface area (Å²) in [5, 5.41) is 23.0. The van der Waals surface area contributed by atoms with E-state index >= 15 is 0 Å². The van der Waals surface area contributed by atoms with Gasteiger partial charge in [-0.3, -0.25) is 5.10 Å². The van der Waals surface area contributed by atoms with Crippen LogP contribution < -0.4 is 0 Å². The summed E-state index contributed by atoms with van der Waals surface area (Å²) < 4.78 is 0. The molecule has 6 nitrogen and oxygen atoms in total. The van der Waals surface area contributed by atoms with Crippen molar-refractivity contribution in [2.75, 3.05) is 0 Å². The van der Waals surface area contributed by atoms with Gasteiger partial charge in [-0.15, -0.1) is 16.4 Å². The average Bonchev–Trinajstić information content (AvgIpc) is 3.08. The fourth-order valence-electron chi connectivity index (χ4n) is 1.62. The number of nitrogens with zero attached hydrogens (tertiary/aromatic N) is 3. The first-order valence-electron chi connectivity index (χ1n) is 5.77. The number of carbonyl (C=O) groups is 1. The monoisotopic (exact) mass is 372 g/mol. The Morgan fingerprint density at radius 1 is 1.36 bits per heavy atom. The Hall–Kier alpha value is -1.61. The third kappa shape index (κ3) is 3.09. The molecule has 10 heteroatoms. The van der Waals surface area contributed by atoms with Crippen molar-refractivity contribution in [1.29, 1.82) is 0 Å². The number of hydrogen-bond donors (Lipinski definition) is 2. The minimum Gasteiger partial charge on any atom is -0.476 e. The summed E-state index contributed by atoms with van der Waals surface area (Å²) >= 11 is 14.5. The Kier molecular flexibility index (Phi) is 4.34. The molecule has 0 spiro atoms. The number of benzene rings is 1. The van der Waals surface area contributed by atoms with Crippen molar-refractivity contribution >= 4 is 52.3 Å². The molecule has 0 amide bonds. The molecule has 2 heterocycles. The number of halogens is 2. The number of aromatic amines is 1. The molecule has 0 saturated carbocycles. The van der Waals surface area contributed by atoms with Crippen LogP contribution >= 0.6 is 46.3 Å². The molecule has 0 aliphatic carbocycles. The molecule has 0 radical (unpaired) electrons. The van der Waals surface area contributed by atoms with Gasteiger partial charge in [0.15, 0.2) is 10.7 Å². The van der Waals surface area contributed by atoms with Crippen LogP contribution in [0.3, 0.4) is 0 Å². The highest BCUT2D eigenvalue weighted by atomic mass is 35.5. The number of hydrogen-bond acceptors (Lipinski definition) is 6. The zero-order chi connectivity index (χ0) is 15.7. The van der Waals surface area contributed by atoms with Gasteiger partial charge >= 0.3 is 5.97 Å². The minimum absolute atomic E-state index is 0.0657. The largest absolute Gasteiger partial charge is 0.476 e. The van der Waals surface area contributed by atoms with Crippen LogP contribution in [0, 0.1) is 0 Å². The molecule has 1 aromatic carbocycles. The van der Waals surface area contributed by atoms with Gasteiger partial charge in [0, 0.05) is 16.0 Å². The molecule has 2 aromatic heterocycles. The maximum absolute atomic E-state index is 11.0. The van der Waals surface area contributed by atoms with E-state index in [2.05, 4.69) is 20.4 Å². The number of thiazole rings is 1. The number of carboxylic acid groups (broad SMARTS) is 1. The summed E-state index contributed by atoms with van der Waals surface area (Å²) in [5.74, 6) is -1.12. The van der Waals surface area contributed by atoms with Crippen molar-refractivity contribution < 1.29 is 9.90 Å². The van der Waals surface area contributed by atoms with Gasteiger partial charge in [0.1, 0.15) is 10.0 Å². The van der Waals surface area contributed by atoms with Crippen LogP contribution in [-0.4, -0.2) is 31.5 Å². The summed E-state index contributed by atoms with van der Waals surface area (Å²) in [6.45, 7) is 0. The average molecular weight is 373 g/mol. The van der Waals surface area contributed by atoms with E-state index in [1.165, 1.54) is 11.3 Å². The highest BCUT2D eigenvalue weighted by molar-refractivity contribution is 7.99. The molecule has 0 aliphatic rings. The lowest BCUT2D eigenvalue weighted by atomic mass is 10.2. The van der Waals surface area contributed by atoms with E-state index in [9.17, 15) is 4.79 Å². The van der Waals surface area contributed by atoms with E-state index in [0.29, 0.717) is 20.1 Å². The van der Waals surface area contributed by atoms with Gasteiger partial charge in [-0.1, -0.05) is 28.4 Å². The van der Waals surface area contributed by atoms with Crippen LogP contribution in [0.15, 0.2) is 33.6 Å². The number of nitrogens with one attached hydrogen (secondary N) is 1. The smallest absolute Gasteiger partial charge is 0.356 e. The van der Waals surface area contributed by atoms with Crippen molar-refractivity contribution in [2.45, 2.75) is 10.1 Å². The van der Waals surface area contributed by atoms with E-state index < -0.39 is 5.97 Å². The van der Waals surface area contributed by atoms with E-state index in [-0.39, 0.29) is 10.7 Å². The second-order valence-electron chi connectivity index (χ2n) is 4.01. The Morgan fingerprint density at radius 3 is 2.91 bits per heavy atom. The van der Waals surface area contributed by atoms with E-state index in [4.69, 9.17) is 28.3 Å². The first-order chi connectivity index (χ1) is 10.5. The van der Waals surface area contributed by atoms with Crippen molar-refractivity contribution in [3.05, 3.63) is 39.3 Å². The van der Waals surface area contributed by atoms with Crippen LogP contribution in [0.25, 0.3) is 10.6 Å². The van der Waals surface area contributed by atoms with Gasteiger partial charge in [-0.2, -0.15) is 0 Å². The first-order valence-corrected chi connectivity index (χ1v) is 8.23. The Bertz CT molecular complexity index is 849. The zero-order valence-electron chi connectivity index (χ0n) is 10.6. The molecule has 0 fully saturated rings. The van der Waals surface area contributed by atoms with Gasteiger partial charge < -0.3 is 5.11 Å². The zero-order valence-corrected chi connectivity index (χ0v) is 13.7. The van der Waals surface area contributed by atoms with E-state index in [0.717, 1.165) is 17.3 Å². The fourth-order valence-corrected chi connectivity index (χ4v) is 3.94. The number of aromatic nitrogens is 4. The van der Waals surface area contributed by atoms with Crippen LogP contribution in [0.4, 0.5) is 0 Å². The molecule has 0 bridgehead atoms. The number of H-pyrrole nitrogens is 1. The molecule has 0 saturated heterocycles. The molecule has 22 heavy (non-hydrogen) atoms. The molecule has 3 aromatic rings. The van der Waals surface area contributed by atoms with Crippen molar-refractivity contribution in [3.8, 4) is 10.6 Å². The van der Waals surface area contributed by atoms with Crippen molar-refractivity contribution in [3.63, 3.8) is 0 Å². The third-order valence-corrected chi connectivity index (χ3v) is 5.05. The van der Waals surface area contributed by atoms with Crippen molar-refractivity contribution in [1.82, 2.24) is 20.4 Å². The first kappa shape index (κ1) is 15.3. The number of rotatable bonds is 4. The van der Waals surface area contributed by atoms with Gasteiger partial charge in [-0.05, 0) is 30.0 Å². The molecule has 0 unspecified atom stereocenters. The highest BCUT2D eigenvalue weighted by Crippen LogP contribution is 2.36. The van der Waals surface area contributed by atoms with Gasteiger partial charge in [0.25, 0.3) is 0 Å². The summed E-state index contributed by atoms with van der Waals surface area (Å²) in [6.07, 6.45) is 0.